The molecule has 2 heterocycles. The number of rotatable bonds is 5. The van der Waals surface area contributed by atoms with Crippen molar-refractivity contribution in [1.29, 1.82) is 0 Å². The molecule has 6 atom stereocenters. The molecule has 0 aromatic heterocycles. The van der Waals surface area contributed by atoms with Crippen LogP contribution in [0.2, 0.25) is 0 Å². The molecule has 0 unspecified atom stereocenters. The molecule has 3 fully saturated rings. The van der Waals surface area contributed by atoms with Crippen LogP contribution in [0.1, 0.15) is 29.9 Å². The van der Waals surface area contributed by atoms with Crippen molar-refractivity contribution < 1.29 is 24.3 Å². The Morgan fingerprint density at radius 2 is 1.60 bits per heavy atom. The molecular weight excluding hydrogens is 681 g/mol. The van der Waals surface area contributed by atoms with Gasteiger partial charge in [0.2, 0.25) is 11.8 Å². The lowest BCUT2D eigenvalue weighted by molar-refractivity contribution is -0.138. The number of imide groups is 2. The molecule has 8 nitrogen and oxygen atoms in total. The molecule has 2 aliphatic heterocycles. The SMILES string of the molecule is Cc1cc([C@H]2C3=CC[C@@H]4C(=O)N(c5ccc(Nc6ccccc6)cc5)C(=O)[C@@H]4[C@@H]3C[C@@]3(Cl)C(=O)N(CBr)C(=O)[C@@]23Cl)ccc1O. The molecule has 2 N–H and O–H groups in total. The maximum absolute atomic E-state index is 14.2. The predicted octanol–water partition coefficient (Wildman–Crippen LogP) is 6.36. The molecule has 7 rings (SSSR count). The first kappa shape index (κ1) is 30.0. The number of likely N-dealkylation sites (tertiary alicyclic amines) is 1. The van der Waals surface area contributed by atoms with Gasteiger partial charge < -0.3 is 10.4 Å². The number of phenols is 1. The van der Waals surface area contributed by atoms with E-state index in [-0.39, 0.29) is 35.9 Å². The lowest BCUT2D eigenvalue weighted by Gasteiger charge is -2.50. The van der Waals surface area contributed by atoms with Gasteiger partial charge in [-0.15, -0.1) is 23.2 Å². The van der Waals surface area contributed by atoms with Crippen molar-refractivity contribution >= 4 is 79.8 Å². The van der Waals surface area contributed by atoms with Crippen LogP contribution in [-0.2, 0) is 19.2 Å². The Hall–Kier alpha value is -3.66. The Morgan fingerprint density at radius 1 is 0.911 bits per heavy atom. The third-order valence-corrected chi connectivity index (χ3v) is 11.7. The molecule has 230 valence electrons. The number of alkyl halides is 3. The number of aryl methyl sites for hydroxylation is 1. The van der Waals surface area contributed by atoms with Crippen molar-refractivity contribution in [2.45, 2.75) is 35.4 Å². The summed E-state index contributed by atoms with van der Waals surface area (Å²) in [5.41, 5.74) is 3.91. The van der Waals surface area contributed by atoms with E-state index < -0.39 is 45.2 Å². The average Bonchev–Trinajstić information content (AvgIpc) is 3.37. The quantitative estimate of drug-likeness (QED) is 0.138. The molecule has 11 heteroatoms. The van der Waals surface area contributed by atoms with Crippen LogP contribution in [0.5, 0.6) is 5.75 Å². The third-order valence-electron chi connectivity index (χ3n) is 9.76. The van der Waals surface area contributed by atoms with E-state index in [0.717, 1.165) is 16.3 Å². The second-order valence-corrected chi connectivity index (χ2v) is 13.8. The van der Waals surface area contributed by atoms with Gasteiger partial charge in [0.05, 0.1) is 23.0 Å². The number of carbonyl (C=O) groups excluding carboxylic acids is 4. The number of amides is 4. The standard InChI is InChI=1S/C34H28BrCl2N3O5/c1-18-15-19(7-14-26(18)41)28-23-12-13-24-27(25(23)16-33(36)31(44)39(17-35)32(45)34(28,33)37)30(43)40(29(24)42)22-10-8-21(9-11-22)38-20-5-3-2-4-6-20/h2-12,14-15,24-25,27-28,38,41H,13,16-17H2,1H3/t24-,25+,27-,28-,33+,34-/m0/s1. The van der Waals surface area contributed by atoms with E-state index in [0.29, 0.717) is 22.4 Å². The van der Waals surface area contributed by atoms with Crippen LogP contribution < -0.4 is 10.2 Å². The summed E-state index contributed by atoms with van der Waals surface area (Å²) in [6.45, 7) is 1.73. The second-order valence-electron chi connectivity index (χ2n) is 12.1. The number of allylic oxidation sites excluding steroid dienone is 2. The van der Waals surface area contributed by atoms with Gasteiger partial charge in [-0.25, -0.2) is 0 Å². The number of halogens is 3. The molecule has 2 saturated heterocycles. The average molecular weight is 709 g/mol. The fourth-order valence-electron chi connectivity index (χ4n) is 7.62. The number of fused-ring (bicyclic) bond motifs is 4. The fraction of sp³-hybridized carbons (Fsp3) is 0.294. The highest BCUT2D eigenvalue weighted by Gasteiger charge is 2.76. The smallest absolute Gasteiger partial charge is 0.254 e. The van der Waals surface area contributed by atoms with Crippen LogP contribution in [0.15, 0.2) is 84.4 Å². The molecule has 1 saturated carbocycles. The van der Waals surface area contributed by atoms with Crippen LogP contribution >= 0.6 is 39.1 Å². The number of anilines is 3. The summed E-state index contributed by atoms with van der Waals surface area (Å²) in [5, 5.41) is 13.6. The highest BCUT2D eigenvalue weighted by molar-refractivity contribution is 9.09. The highest BCUT2D eigenvalue weighted by atomic mass is 79.9. The minimum absolute atomic E-state index is 0.0673. The number of nitrogens with zero attached hydrogens (tertiary/aromatic N) is 2. The first-order valence-corrected chi connectivity index (χ1v) is 16.5. The second kappa shape index (κ2) is 10.7. The van der Waals surface area contributed by atoms with Crippen molar-refractivity contribution in [2.24, 2.45) is 17.8 Å². The molecule has 2 aliphatic carbocycles. The van der Waals surface area contributed by atoms with E-state index in [2.05, 4.69) is 21.2 Å². The molecule has 4 aliphatic rings. The van der Waals surface area contributed by atoms with Gasteiger partial charge in [-0.2, -0.15) is 0 Å². The summed E-state index contributed by atoms with van der Waals surface area (Å²) in [6.07, 6.45) is 2.08. The summed E-state index contributed by atoms with van der Waals surface area (Å²) >= 11 is 17.8. The van der Waals surface area contributed by atoms with Crippen molar-refractivity contribution in [2.75, 3.05) is 15.7 Å². The minimum atomic E-state index is -1.88. The van der Waals surface area contributed by atoms with Crippen LogP contribution in [-0.4, -0.2) is 48.8 Å². The zero-order chi connectivity index (χ0) is 31.8. The maximum Gasteiger partial charge on any atom is 0.254 e. The van der Waals surface area contributed by atoms with Gasteiger partial charge in [0.1, 0.15) is 5.75 Å². The zero-order valence-electron chi connectivity index (χ0n) is 24.0. The lowest BCUT2D eigenvalue weighted by Crippen LogP contribution is -2.60. The Labute approximate surface area is 278 Å². The number of hydrogen-bond donors (Lipinski definition) is 2. The van der Waals surface area contributed by atoms with Crippen LogP contribution in [0.3, 0.4) is 0 Å². The first-order chi connectivity index (χ1) is 21.5. The molecule has 0 bridgehead atoms. The van der Waals surface area contributed by atoms with Gasteiger partial charge in [0.25, 0.3) is 11.8 Å². The lowest BCUT2D eigenvalue weighted by atomic mass is 9.56. The molecule has 4 amide bonds. The minimum Gasteiger partial charge on any atom is -0.508 e. The molecule has 0 spiro atoms. The van der Waals surface area contributed by atoms with E-state index in [1.54, 1.807) is 31.2 Å². The first-order valence-electron chi connectivity index (χ1n) is 14.6. The normalized spacial score (nSPS) is 30.6. The van der Waals surface area contributed by atoms with Gasteiger partial charge >= 0.3 is 0 Å². The van der Waals surface area contributed by atoms with E-state index >= 15 is 0 Å². The molecule has 3 aromatic rings. The summed E-state index contributed by atoms with van der Waals surface area (Å²) in [4.78, 5) is 54.3. The van der Waals surface area contributed by atoms with Crippen LogP contribution in [0, 0.1) is 24.7 Å². The largest absolute Gasteiger partial charge is 0.508 e. The summed E-state index contributed by atoms with van der Waals surface area (Å²) in [7, 11) is 0. The number of phenolic OH excluding ortho intramolecular Hbond substituents is 1. The molecule has 3 aromatic carbocycles. The number of hydrogen-bond acceptors (Lipinski definition) is 6. The summed E-state index contributed by atoms with van der Waals surface area (Å²) in [6, 6.07) is 21.6. The monoisotopic (exact) mass is 707 g/mol. The number of para-hydroxylation sites is 1. The number of benzene rings is 3. The Balaban J connectivity index is 1.28. The third kappa shape index (κ3) is 4.23. The van der Waals surface area contributed by atoms with E-state index in [9.17, 15) is 24.3 Å². The van der Waals surface area contributed by atoms with E-state index in [1.165, 1.54) is 11.0 Å². The Morgan fingerprint density at radius 3 is 2.27 bits per heavy atom. The number of carbonyl (C=O) groups is 4. The van der Waals surface area contributed by atoms with Gasteiger partial charge in [0.15, 0.2) is 9.75 Å². The number of nitrogens with one attached hydrogen (secondary N) is 1. The van der Waals surface area contributed by atoms with Gasteiger partial charge in [-0.05, 0) is 79.3 Å². The fourth-order valence-corrected chi connectivity index (χ4v) is 9.05. The molecule has 45 heavy (non-hydrogen) atoms. The van der Waals surface area contributed by atoms with Crippen LogP contribution in [0.25, 0.3) is 0 Å². The van der Waals surface area contributed by atoms with Gasteiger partial charge in [-0.3, -0.25) is 29.0 Å². The predicted molar refractivity (Wildman–Crippen MR) is 175 cm³/mol. The van der Waals surface area contributed by atoms with E-state index in [1.807, 2.05) is 48.5 Å². The summed E-state index contributed by atoms with van der Waals surface area (Å²) < 4.78 is 0. The highest BCUT2D eigenvalue weighted by Crippen LogP contribution is 2.65. The number of aromatic hydroxyl groups is 1. The van der Waals surface area contributed by atoms with Gasteiger partial charge in [0, 0.05) is 17.3 Å². The maximum atomic E-state index is 14.2. The van der Waals surface area contributed by atoms with Crippen molar-refractivity contribution in [3.05, 3.63) is 95.6 Å². The Kier molecular flexibility index (Phi) is 7.15. The van der Waals surface area contributed by atoms with Crippen LogP contribution in [0.4, 0.5) is 17.1 Å². The topological polar surface area (TPSA) is 107 Å². The molecule has 0 radical (unpaired) electrons. The van der Waals surface area contributed by atoms with Crippen molar-refractivity contribution in [3.8, 4) is 5.75 Å². The summed E-state index contributed by atoms with van der Waals surface area (Å²) in [5.74, 6) is -4.84. The van der Waals surface area contributed by atoms with E-state index in [4.69, 9.17) is 23.2 Å². The Bertz CT molecular complexity index is 1800. The zero-order valence-corrected chi connectivity index (χ0v) is 27.1. The molecular formula is C34H28BrCl2N3O5. The van der Waals surface area contributed by atoms with Crippen molar-refractivity contribution in [1.82, 2.24) is 4.90 Å². The van der Waals surface area contributed by atoms with Crippen molar-refractivity contribution in [3.63, 3.8) is 0 Å². The van der Waals surface area contributed by atoms with Gasteiger partial charge in [-0.1, -0.05) is 57.9 Å².